The second-order valence-electron chi connectivity index (χ2n) is 6.10. The Balaban J connectivity index is 1.90. The lowest BCUT2D eigenvalue weighted by atomic mass is 9.99. The molecule has 19 heavy (non-hydrogen) atoms. The molecule has 1 atom stereocenters. The lowest BCUT2D eigenvalue weighted by Crippen LogP contribution is -2.33. The largest absolute Gasteiger partial charge is 0.321 e. The molecule has 1 aliphatic rings. The standard InChI is InChI=1S/C15H25N3O/c1-11(2)9-14(16)15(19)10-12-7-8-18(17-12)13-5-3-4-6-13/h7-8,11,13-14H,3-6,9-10,16H2,1-2H3. The summed E-state index contributed by atoms with van der Waals surface area (Å²) in [6, 6.07) is 2.14. The van der Waals surface area contributed by atoms with Crippen LogP contribution in [0.15, 0.2) is 12.3 Å². The van der Waals surface area contributed by atoms with Gasteiger partial charge < -0.3 is 5.73 Å². The Morgan fingerprint density at radius 2 is 2.16 bits per heavy atom. The van der Waals surface area contributed by atoms with Gasteiger partial charge in [0.05, 0.1) is 24.2 Å². The molecule has 2 N–H and O–H groups in total. The molecule has 1 aromatic rings. The molecule has 1 unspecified atom stereocenters. The van der Waals surface area contributed by atoms with Crippen LogP contribution in [0.1, 0.15) is 57.7 Å². The summed E-state index contributed by atoms with van der Waals surface area (Å²) in [5.41, 5.74) is 6.77. The molecule has 1 heterocycles. The summed E-state index contributed by atoms with van der Waals surface area (Å²) in [7, 11) is 0. The predicted octanol–water partition coefficient (Wildman–Crippen LogP) is 2.48. The lowest BCUT2D eigenvalue weighted by molar-refractivity contribution is -0.120. The van der Waals surface area contributed by atoms with Crippen molar-refractivity contribution in [2.75, 3.05) is 0 Å². The molecular weight excluding hydrogens is 238 g/mol. The van der Waals surface area contributed by atoms with Crippen molar-refractivity contribution in [3.63, 3.8) is 0 Å². The number of hydrogen-bond donors (Lipinski definition) is 1. The highest BCUT2D eigenvalue weighted by molar-refractivity contribution is 5.85. The van der Waals surface area contributed by atoms with E-state index in [1.54, 1.807) is 0 Å². The SMILES string of the molecule is CC(C)CC(N)C(=O)Cc1ccn(C2CCCC2)n1. The molecule has 1 aliphatic carbocycles. The Morgan fingerprint density at radius 3 is 2.79 bits per heavy atom. The maximum atomic E-state index is 12.0. The monoisotopic (exact) mass is 263 g/mol. The van der Waals surface area contributed by atoms with Crippen molar-refractivity contribution >= 4 is 5.78 Å². The third-order valence-corrected chi connectivity index (χ3v) is 3.86. The predicted molar refractivity (Wildman–Crippen MR) is 75.9 cm³/mol. The molecule has 0 radical (unpaired) electrons. The van der Waals surface area contributed by atoms with Crippen LogP contribution in [0.4, 0.5) is 0 Å². The van der Waals surface area contributed by atoms with Gasteiger partial charge in [0.15, 0.2) is 5.78 Å². The van der Waals surface area contributed by atoms with E-state index in [1.165, 1.54) is 25.7 Å². The molecule has 0 saturated heterocycles. The number of hydrogen-bond acceptors (Lipinski definition) is 3. The van der Waals surface area contributed by atoms with Crippen LogP contribution in [0.5, 0.6) is 0 Å². The van der Waals surface area contributed by atoms with Gasteiger partial charge in [-0.15, -0.1) is 0 Å². The zero-order valence-electron chi connectivity index (χ0n) is 12.0. The minimum absolute atomic E-state index is 0.102. The van der Waals surface area contributed by atoms with Gasteiger partial charge >= 0.3 is 0 Å². The van der Waals surface area contributed by atoms with Gasteiger partial charge in [0, 0.05) is 6.20 Å². The van der Waals surface area contributed by atoms with Crippen LogP contribution in [-0.4, -0.2) is 21.6 Å². The van der Waals surface area contributed by atoms with Crippen LogP contribution in [0.3, 0.4) is 0 Å². The molecule has 2 rings (SSSR count). The van der Waals surface area contributed by atoms with Crippen molar-refractivity contribution in [1.29, 1.82) is 0 Å². The van der Waals surface area contributed by atoms with E-state index in [-0.39, 0.29) is 11.8 Å². The fraction of sp³-hybridized carbons (Fsp3) is 0.733. The van der Waals surface area contributed by atoms with E-state index in [9.17, 15) is 4.79 Å². The van der Waals surface area contributed by atoms with Gasteiger partial charge in [-0.1, -0.05) is 26.7 Å². The molecular formula is C15H25N3O. The van der Waals surface area contributed by atoms with Gasteiger partial charge in [-0.25, -0.2) is 0 Å². The smallest absolute Gasteiger partial charge is 0.155 e. The molecule has 0 aromatic carbocycles. The molecule has 106 valence electrons. The first kappa shape index (κ1) is 14.3. The molecule has 1 fully saturated rings. The fourth-order valence-electron chi connectivity index (χ4n) is 2.79. The summed E-state index contributed by atoms with van der Waals surface area (Å²) in [6.45, 7) is 4.17. The molecule has 0 aliphatic heterocycles. The normalized spacial score (nSPS) is 18.1. The molecule has 0 spiro atoms. The summed E-state index contributed by atoms with van der Waals surface area (Å²) in [4.78, 5) is 12.0. The highest BCUT2D eigenvalue weighted by atomic mass is 16.1. The zero-order valence-corrected chi connectivity index (χ0v) is 12.0. The van der Waals surface area contributed by atoms with E-state index < -0.39 is 0 Å². The quantitative estimate of drug-likeness (QED) is 0.857. The summed E-state index contributed by atoms with van der Waals surface area (Å²) >= 11 is 0. The highest BCUT2D eigenvalue weighted by Crippen LogP contribution is 2.28. The van der Waals surface area contributed by atoms with Crippen LogP contribution in [0.25, 0.3) is 0 Å². The van der Waals surface area contributed by atoms with Crippen molar-refractivity contribution in [2.45, 2.75) is 64.5 Å². The van der Waals surface area contributed by atoms with E-state index >= 15 is 0 Å². The van der Waals surface area contributed by atoms with E-state index in [0.29, 0.717) is 18.4 Å². The number of ketones is 1. The van der Waals surface area contributed by atoms with Gasteiger partial charge in [-0.3, -0.25) is 9.48 Å². The average molecular weight is 263 g/mol. The fourth-order valence-corrected chi connectivity index (χ4v) is 2.79. The molecule has 1 saturated carbocycles. The highest BCUT2D eigenvalue weighted by Gasteiger charge is 2.20. The van der Waals surface area contributed by atoms with Crippen LogP contribution < -0.4 is 5.73 Å². The Hall–Kier alpha value is -1.16. The number of rotatable bonds is 6. The first-order valence-corrected chi connectivity index (χ1v) is 7.38. The second-order valence-corrected chi connectivity index (χ2v) is 6.10. The molecule has 1 aromatic heterocycles. The molecule has 4 nitrogen and oxygen atoms in total. The van der Waals surface area contributed by atoms with Crippen LogP contribution >= 0.6 is 0 Å². The summed E-state index contributed by atoms with van der Waals surface area (Å²) < 4.78 is 2.03. The second kappa shape index (κ2) is 6.33. The van der Waals surface area contributed by atoms with Crippen molar-refractivity contribution in [2.24, 2.45) is 11.7 Å². The zero-order chi connectivity index (χ0) is 13.8. The number of aromatic nitrogens is 2. The maximum Gasteiger partial charge on any atom is 0.155 e. The average Bonchev–Trinajstić information content (AvgIpc) is 2.96. The number of nitrogens with zero attached hydrogens (tertiary/aromatic N) is 2. The van der Waals surface area contributed by atoms with Crippen molar-refractivity contribution in [3.8, 4) is 0 Å². The van der Waals surface area contributed by atoms with E-state index in [1.807, 2.05) is 16.9 Å². The summed E-state index contributed by atoms with van der Waals surface area (Å²) in [5.74, 6) is 0.556. The molecule has 4 heteroatoms. The maximum absolute atomic E-state index is 12.0. The summed E-state index contributed by atoms with van der Waals surface area (Å²) in [6.07, 6.45) is 8.13. The first-order chi connectivity index (χ1) is 9.06. The Bertz CT molecular complexity index is 419. The van der Waals surface area contributed by atoms with Gasteiger partial charge in [0.2, 0.25) is 0 Å². The van der Waals surface area contributed by atoms with Crippen LogP contribution in [-0.2, 0) is 11.2 Å². The Labute approximate surface area is 115 Å². The third kappa shape index (κ3) is 3.90. The topological polar surface area (TPSA) is 60.9 Å². The van der Waals surface area contributed by atoms with E-state index in [2.05, 4.69) is 18.9 Å². The minimum atomic E-state index is -0.350. The number of Topliss-reactive ketones (excluding diaryl/α,β-unsaturated/α-hetero) is 1. The number of carbonyl (C=O) groups is 1. The number of nitrogens with two attached hydrogens (primary N) is 1. The lowest BCUT2D eigenvalue weighted by Gasteiger charge is -2.12. The van der Waals surface area contributed by atoms with Gasteiger partial charge in [-0.05, 0) is 31.2 Å². The van der Waals surface area contributed by atoms with Gasteiger partial charge in [-0.2, -0.15) is 5.10 Å². The van der Waals surface area contributed by atoms with Crippen LogP contribution in [0.2, 0.25) is 0 Å². The van der Waals surface area contributed by atoms with Crippen LogP contribution in [0, 0.1) is 5.92 Å². The Morgan fingerprint density at radius 1 is 1.47 bits per heavy atom. The third-order valence-electron chi connectivity index (χ3n) is 3.86. The van der Waals surface area contributed by atoms with E-state index in [4.69, 9.17) is 5.73 Å². The first-order valence-electron chi connectivity index (χ1n) is 7.38. The number of carbonyl (C=O) groups excluding carboxylic acids is 1. The summed E-state index contributed by atoms with van der Waals surface area (Å²) in [5, 5.41) is 4.53. The van der Waals surface area contributed by atoms with E-state index in [0.717, 1.165) is 12.1 Å². The molecule has 0 bridgehead atoms. The minimum Gasteiger partial charge on any atom is -0.321 e. The Kier molecular flexibility index (Phi) is 4.75. The van der Waals surface area contributed by atoms with Crippen molar-refractivity contribution in [3.05, 3.63) is 18.0 Å². The van der Waals surface area contributed by atoms with Crippen molar-refractivity contribution in [1.82, 2.24) is 9.78 Å². The molecule has 0 amide bonds. The van der Waals surface area contributed by atoms with Gasteiger partial charge in [0.1, 0.15) is 0 Å². The van der Waals surface area contributed by atoms with Crippen molar-refractivity contribution < 1.29 is 4.79 Å². The van der Waals surface area contributed by atoms with Gasteiger partial charge in [0.25, 0.3) is 0 Å².